The first-order valence-corrected chi connectivity index (χ1v) is 5.82. The molecule has 0 atom stereocenters. The van der Waals surface area contributed by atoms with Crippen molar-refractivity contribution in [1.29, 1.82) is 0 Å². The number of rotatable bonds is 0. The first-order valence-electron chi connectivity index (χ1n) is 2.32. The van der Waals surface area contributed by atoms with Crippen molar-refractivity contribution in [1.82, 2.24) is 6.15 Å². The lowest BCUT2D eigenvalue weighted by Crippen LogP contribution is -2.40. The average Bonchev–Trinajstić information content (AvgIpc) is 1.25. The molecule has 0 spiro atoms. The van der Waals surface area contributed by atoms with Crippen LogP contribution >= 0.6 is 0 Å². The highest BCUT2D eigenvalue weighted by Gasteiger charge is 2.44. The fraction of sp³-hybridized carbons (Fsp3) is 1.00. The predicted octanol–water partition coefficient (Wildman–Crippen LogP) is 2.59. The van der Waals surface area contributed by atoms with Gasteiger partial charge in [-0.3, -0.25) is 0 Å². The molecule has 3 N–H and O–H groups in total. The first kappa shape index (κ1) is 11.7. The van der Waals surface area contributed by atoms with Gasteiger partial charge in [0.1, 0.15) is 0 Å². The Labute approximate surface area is 53.8 Å². The van der Waals surface area contributed by atoms with Crippen molar-refractivity contribution in [3.8, 4) is 0 Å². The smallest absolute Gasteiger partial charge is 0.344 e. The molecule has 0 aliphatic carbocycles. The molecule has 0 saturated heterocycles. The van der Waals surface area contributed by atoms with E-state index in [4.69, 9.17) is 0 Å². The predicted molar refractivity (Wildman–Crippen MR) is 34.4 cm³/mol. The standard InChI is InChI=1S/C4H9F3Si.H3N/c1-8(2,3)4(5,6)7;/h1-3H3;1H3. The van der Waals surface area contributed by atoms with Gasteiger partial charge < -0.3 is 6.15 Å². The van der Waals surface area contributed by atoms with Crippen LogP contribution in [0.5, 0.6) is 0 Å². The summed E-state index contributed by atoms with van der Waals surface area (Å²) in [5, 5.41) is 0. The zero-order valence-corrected chi connectivity index (χ0v) is 6.84. The molecule has 0 fully saturated rings. The van der Waals surface area contributed by atoms with Gasteiger partial charge in [-0.2, -0.15) is 13.2 Å². The van der Waals surface area contributed by atoms with Crippen LogP contribution in [0.3, 0.4) is 0 Å². The topological polar surface area (TPSA) is 35.0 Å². The zero-order valence-electron chi connectivity index (χ0n) is 5.84. The van der Waals surface area contributed by atoms with Crippen molar-refractivity contribution in [3.63, 3.8) is 0 Å². The monoisotopic (exact) mass is 159 g/mol. The summed E-state index contributed by atoms with van der Waals surface area (Å²) in [4.78, 5) is 0. The molecule has 0 heterocycles. The summed E-state index contributed by atoms with van der Waals surface area (Å²) in [6.07, 6.45) is 0. The molecule has 0 aliphatic rings. The average molecular weight is 159 g/mol. The largest absolute Gasteiger partial charge is 0.360 e. The highest BCUT2D eigenvalue weighted by atomic mass is 28.3. The number of hydrogen-bond donors (Lipinski definition) is 1. The summed E-state index contributed by atoms with van der Waals surface area (Å²) in [5.74, 6) is -3.92. The van der Waals surface area contributed by atoms with Crippen molar-refractivity contribution in [2.24, 2.45) is 0 Å². The summed E-state index contributed by atoms with van der Waals surface area (Å²) in [6, 6.07) is 0. The molecule has 0 amide bonds. The Kier molecular flexibility index (Phi) is 3.52. The van der Waals surface area contributed by atoms with Crippen LogP contribution < -0.4 is 6.15 Å². The summed E-state index contributed by atoms with van der Waals surface area (Å²) in [7, 11) is -2.86. The third-order valence-corrected chi connectivity index (χ3v) is 2.55. The molecule has 0 unspecified atom stereocenters. The number of halogens is 3. The van der Waals surface area contributed by atoms with Gasteiger partial charge in [-0.05, 0) is 0 Å². The molecular weight excluding hydrogens is 147 g/mol. The van der Waals surface area contributed by atoms with Gasteiger partial charge in [0.15, 0.2) is 8.07 Å². The summed E-state index contributed by atoms with van der Waals surface area (Å²) >= 11 is 0. The highest BCUT2D eigenvalue weighted by Crippen LogP contribution is 2.27. The van der Waals surface area contributed by atoms with Crippen LogP contribution in [0.15, 0.2) is 0 Å². The lowest BCUT2D eigenvalue weighted by atomic mass is 11.5. The fourth-order valence-corrected chi connectivity index (χ4v) is 0. The molecule has 0 aromatic rings. The Balaban J connectivity index is 0. The molecule has 0 radical (unpaired) electrons. The molecule has 0 bridgehead atoms. The number of hydrogen-bond acceptors (Lipinski definition) is 1. The van der Waals surface area contributed by atoms with Crippen LogP contribution in [-0.2, 0) is 0 Å². The first-order chi connectivity index (χ1) is 3.25. The third-order valence-electron chi connectivity index (χ3n) is 0.850. The molecule has 0 rings (SSSR count). The van der Waals surface area contributed by atoms with Gasteiger partial charge >= 0.3 is 5.80 Å². The van der Waals surface area contributed by atoms with Crippen LogP contribution in [0.2, 0.25) is 19.6 Å². The van der Waals surface area contributed by atoms with E-state index < -0.39 is 13.9 Å². The maximum absolute atomic E-state index is 11.6. The zero-order chi connectivity index (χ0) is 7.00. The van der Waals surface area contributed by atoms with Gasteiger partial charge in [-0.1, -0.05) is 19.6 Å². The summed E-state index contributed by atoms with van der Waals surface area (Å²) in [6.45, 7) is 3.85. The van der Waals surface area contributed by atoms with Crippen LogP contribution in [0.1, 0.15) is 0 Å². The summed E-state index contributed by atoms with van der Waals surface area (Å²) < 4.78 is 34.9. The molecule has 0 aromatic carbocycles. The molecule has 1 nitrogen and oxygen atoms in total. The maximum Gasteiger partial charge on any atom is 0.360 e. The van der Waals surface area contributed by atoms with Gasteiger partial charge in [0.25, 0.3) is 0 Å². The van der Waals surface area contributed by atoms with E-state index in [9.17, 15) is 13.2 Å². The molecule has 58 valence electrons. The SMILES string of the molecule is C[Si](C)(C)C(F)(F)F.N. The van der Waals surface area contributed by atoms with Crippen molar-refractivity contribution in [2.75, 3.05) is 0 Å². The molecule has 9 heavy (non-hydrogen) atoms. The maximum atomic E-state index is 11.6. The molecule has 5 heteroatoms. The minimum Gasteiger partial charge on any atom is -0.344 e. The second-order valence-corrected chi connectivity index (χ2v) is 7.81. The van der Waals surface area contributed by atoms with E-state index in [2.05, 4.69) is 0 Å². The van der Waals surface area contributed by atoms with Crippen molar-refractivity contribution in [3.05, 3.63) is 0 Å². The van der Waals surface area contributed by atoms with Crippen molar-refractivity contribution >= 4 is 8.07 Å². The van der Waals surface area contributed by atoms with E-state index in [1.54, 1.807) is 0 Å². The Morgan fingerprint density at radius 3 is 1.11 bits per heavy atom. The van der Waals surface area contributed by atoms with Gasteiger partial charge in [0.2, 0.25) is 0 Å². The van der Waals surface area contributed by atoms with Crippen LogP contribution in [-0.4, -0.2) is 13.9 Å². The molecule has 0 aliphatic heterocycles. The van der Waals surface area contributed by atoms with Gasteiger partial charge in [-0.25, -0.2) is 0 Å². The Bertz CT molecular complexity index is 70.8. The fourth-order valence-electron chi connectivity index (χ4n) is 0. The van der Waals surface area contributed by atoms with E-state index in [0.717, 1.165) is 0 Å². The van der Waals surface area contributed by atoms with Gasteiger partial charge in [-0.15, -0.1) is 0 Å². The minimum absolute atomic E-state index is 0. The van der Waals surface area contributed by atoms with Gasteiger partial charge in [0, 0.05) is 0 Å². The molecular formula is C4H12F3NSi. The van der Waals surface area contributed by atoms with E-state index in [0.29, 0.717) is 0 Å². The molecule has 0 saturated carbocycles. The normalized spacial score (nSPS) is 12.7. The second-order valence-electron chi connectivity index (χ2n) is 2.75. The Morgan fingerprint density at radius 1 is 1.00 bits per heavy atom. The second kappa shape index (κ2) is 2.70. The van der Waals surface area contributed by atoms with Crippen LogP contribution in [0, 0.1) is 0 Å². The van der Waals surface area contributed by atoms with E-state index in [1.165, 1.54) is 19.6 Å². The van der Waals surface area contributed by atoms with Crippen LogP contribution in [0.4, 0.5) is 13.2 Å². The van der Waals surface area contributed by atoms with Crippen molar-refractivity contribution < 1.29 is 13.2 Å². The lowest BCUT2D eigenvalue weighted by molar-refractivity contribution is -0.0552. The van der Waals surface area contributed by atoms with Crippen molar-refractivity contribution in [2.45, 2.75) is 25.4 Å². The quantitative estimate of drug-likeness (QED) is 0.542. The highest BCUT2D eigenvalue weighted by molar-refractivity contribution is 6.77. The van der Waals surface area contributed by atoms with Crippen LogP contribution in [0.25, 0.3) is 0 Å². The van der Waals surface area contributed by atoms with E-state index in [1.807, 2.05) is 0 Å². The lowest BCUT2D eigenvalue weighted by Gasteiger charge is -2.19. The van der Waals surface area contributed by atoms with Gasteiger partial charge in [0.05, 0.1) is 0 Å². The number of alkyl halides is 3. The Morgan fingerprint density at radius 2 is 1.11 bits per heavy atom. The minimum atomic E-state index is -3.92. The van der Waals surface area contributed by atoms with E-state index in [-0.39, 0.29) is 6.15 Å². The molecule has 0 aromatic heterocycles. The Hall–Kier alpha value is -0.0331. The van der Waals surface area contributed by atoms with E-state index >= 15 is 0 Å². The summed E-state index contributed by atoms with van der Waals surface area (Å²) in [5.41, 5.74) is 0. The third kappa shape index (κ3) is 3.53.